The first-order valence-corrected chi connectivity index (χ1v) is 11.7. The molecule has 3 saturated heterocycles. The molecule has 1 aromatic carbocycles. The highest BCUT2D eigenvalue weighted by atomic mass is 16.1. The Labute approximate surface area is 179 Å². The van der Waals surface area contributed by atoms with Gasteiger partial charge in [0.15, 0.2) is 0 Å². The van der Waals surface area contributed by atoms with Gasteiger partial charge in [-0.2, -0.15) is 5.10 Å². The lowest BCUT2D eigenvalue weighted by atomic mass is 9.74. The fourth-order valence-electron chi connectivity index (χ4n) is 5.98. The van der Waals surface area contributed by atoms with E-state index in [2.05, 4.69) is 28.0 Å². The van der Waals surface area contributed by atoms with Crippen LogP contribution in [0.25, 0.3) is 0 Å². The van der Waals surface area contributed by atoms with E-state index in [1.807, 2.05) is 31.2 Å². The van der Waals surface area contributed by atoms with E-state index < -0.39 is 0 Å². The minimum Gasteiger partial charge on any atom is -0.350 e. The van der Waals surface area contributed by atoms with E-state index in [1.54, 1.807) is 0 Å². The molecule has 3 aliphatic heterocycles. The summed E-state index contributed by atoms with van der Waals surface area (Å²) < 4.78 is 2.16. The summed E-state index contributed by atoms with van der Waals surface area (Å²) in [6.07, 6.45) is 7.75. The number of aromatic nitrogens is 2. The van der Waals surface area contributed by atoms with E-state index in [0.717, 1.165) is 25.2 Å². The molecular weight excluding hydrogens is 372 g/mol. The number of carbonyl (C=O) groups excluding carboxylic acids is 1. The second kappa shape index (κ2) is 8.18. The molecule has 4 heterocycles. The van der Waals surface area contributed by atoms with Gasteiger partial charge in [0, 0.05) is 49.3 Å². The van der Waals surface area contributed by atoms with Crippen molar-refractivity contribution in [1.29, 1.82) is 0 Å². The van der Waals surface area contributed by atoms with Crippen LogP contribution in [0.3, 0.4) is 0 Å². The first kappa shape index (κ1) is 19.8. The molecule has 1 aliphatic carbocycles. The molecule has 5 nitrogen and oxygen atoms in total. The van der Waals surface area contributed by atoms with E-state index in [4.69, 9.17) is 5.10 Å². The van der Waals surface area contributed by atoms with E-state index in [-0.39, 0.29) is 5.91 Å². The largest absolute Gasteiger partial charge is 0.350 e. The van der Waals surface area contributed by atoms with Crippen LogP contribution in [0.5, 0.6) is 0 Å². The Morgan fingerprint density at radius 3 is 2.63 bits per heavy atom. The third kappa shape index (κ3) is 3.80. The van der Waals surface area contributed by atoms with Crippen molar-refractivity contribution >= 4 is 5.91 Å². The number of nitrogens with one attached hydrogen (secondary N) is 1. The van der Waals surface area contributed by atoms with Crippen LogP contribution in [-0.2, 0) is 7.05 Å². The smallest absolute Gasteiger partial charge is 0.251 e. The van der Waals surface area contributed by atoms with Crippen LogP contribution in [0.2, 0.25) is 0 Å². The molecule has 0 spiro atoms. The molecule has 1 amide bonds. The van der Waals surface area contributed by atoms with Gasteiger partial charge in [-0.05, 0) is 63.3 Å². The van der Waals surface area contributed by atoms with Crippen molar-refractivity contribution in [2.75, 3.05) is 19.6 Å². The quantitative estimate of drug-likeness (QED) is 0.817. The minimum absolute atomic E-state index is 0.0436. The maximum Gasteiger partial charge on any atom is 0.251 e. The number of carbonyl (C=O) groups is 1. The summed E-state index contributed by atoms with van der Waals surface area (Å²) in [7, 11) is 2.13. The SMILES string of the molecule is Cc1ccc(C(=O)NCC2CC3CCN2CC3c2cc(C3CCCC3)nn2C)cc1. The second-order valence-corrected chi connectivity index (χ2v) is 9.71. The number of benzene rings is 1. The monoisotopic (exact) mass is 406 g/mol. The molecule has 6 rings (SSSR count). The van der Waals surface area contributed by atoms with Gasteiger partial charge in [-0.15, -0.1) is 0 Å². The molecule has 4 aliphatic rings. The fourth-order valence-corrected chi connectivity index (χ4v) is 5.98. The number of fused-ring (bicyclic) bond motifs is 3. The van der Waals surface area contributed by atoms with E-state index in [1.165, 1.54) is 55.5 Å². The normalized spacial score (nSPS) is 28.7. The molecule has 4 unspecified atom stereocenters. The number of amides is 1. The molecule has 0 radical (unpaired) electrons. The van der Waals surface area contributed by atoms with Gasteiger partial charge in [-0.1, -0.05) is 30.5 Å². The van der Waals surface area contributed by atoms with Crippen LogP contribution in [-0.4, -0.2) is 46.3 Å². The zero-order valence-corrected chi connectivity index (χ0v) is 18.3. The molecule has 1 saturated carbocycles. The Hall–Kier alpha value is -2.14. The summed E-state index contributed by atoms with van der Waals surface area (Å²) in [6.45, 7) is 5.04. The third-order valence-electron chi connectivity index (χ3n) is 7.78. The highest BCUT2D eigenvalue weighted by molar-refractivity contribution is 5.94. The number of aryl methyl sites for hydroxylation is 2. The Bertz CT molecular complexity index is 896. The predicted octanol–water partition coefficient (Wildman–Crippen LogP) is 3.99. The van der Waals surface area contributed by atoms with Gasteiger partial charge in [-0.25, -0.2) is 0 Å². The molecule has 5 heteroatoms. The summed E-state index contributed by atoms with van der Waals surface area (Å²) in [5.41, 5.74) is 4.68. The first-order chi connectivity index (χ1) is 14.6. The van der Waals surface area contributed by atoms with Gasteiger partial charge in [0.05, 0.1) is 5.69 Å². The van der Waals surface area contributed by atoms with Crippen LogP contribution in [0.1, 0.15) is 77.7 Å². The van der Waals surface area contributed by atoms with E-state index in [0.29, 0.717) is 23.8 Å². The van der Waals surface area contributed by atoms with E-state index in [9.17, 15) is 4.79 Å². The van der Waals surface area contributed by atoms with Gasteiger partial charge < -0.3 is 5.32 Å². The standard InChI is InChI=1S/C25H34N4O/c1-17-7-9-19(10-8-17)25(30)26-15-21-13-20-11-12-29(21)16-22(20)24-14-23(27-28(24)2)18-5-3-4-6-18/h7-10,14,18,20-22H,3-6,11-13,15-16H2,1-2H3,(H,26,30). The van der Waals surface area contributed by atoms with Crippen LogP contribution in [0.15, 0.2) is 30.3 Å². The lowest BCUT2D eigenvalue weighted by Gasteiger charge is -2.50. The van der Waals surface area contributed by atoms with Crippen molar-refractivity contribution in [2.45, 2.75) is 63.3 Å². The molecule has 160 valence electrons. The van der Waals surface area contributed by atoms with Crippen molar-refractivity contribution in [3.05, 3.63) is 52.8 Å². The second-order valence-electron chi connectivity index (χ2n) is 9.71. The average molecular weight is 407 g/mol. The molecule has 2 aromatic rings. The highest BCUT2D eigenvalue weighted by Gasteiger charge is 2.42. The molecule has 1 N–H and O–H groups in total. The third-order valence-corrected chi connectivity index (χ3v) is 7.78. The van der Waals surface area contributed by atoms with Crippen molar-refractivity contribution < 1.29 is 4.79 Å². The lowest BCUT2D eigenvalue weighted by molar-refractivity contribution is 0.0280. The zero-order chi connectivity index (χ0) is 20.7. The molecule has 4 atom stereocenters. The van der Waals surface area contributed by atoms with Crippen LogP contribution in [0, 0.1) is 12.8 Å². The molecule has 2 bridgehead atoms. The Morgan fingerprint density at radius 1 is 1.17 bits per heavy atom. The summed E-state index contributed by atoms with van der Waals surface area (Å²) in [5.74, 6) is 2.00. The van der Waals surface area contributed by atoms with Crippen molar-refractivity contribution in [3.8, 4) is 0 Å². The predicted molar refractivity (Wildman–Crippen MR) is 119 cm³/mol. The van der Waals surface area contributed by atoms with Crippen molar-refractivity contribution in [2.24, 2.45) is 13.0 Å². The number of nitrogens with zero attached hydrogens (tertiary/aromatic N) is 3. The van der Waals surface area contributed by atoms with E-state index >= 15 is 0 Å². The van der Waals surface area contributed by atoms with Crippen molar-refractivity contribution in [1.82, 2.24) is 20.0 Å². The van der Waals surface area contributed by atoms with Gasteiger partial charge >= 0.3 is 0 Å². The van der Waals surface area contributed by atoms with Gasteiger partial charge in [0.1, 0.15) is 0 Å². The maximum absolute atomic E-state index is 12.5. The van der Waals surface area contributed by atoms with Crippen LogP contribution in [0.4, 0.5) is 0 Å². The Kier molecular flexibility index (Phi) is 5.40. The van der Waals surface area contributed by atoms with Gasteiger partial charge in [0.25, 0.3) is 5.91 Å². The van der Waals surface area contributed by atoms with Crippen molar-refractivity contribution in [3.63, 3.8) is 0 Å². The number of hydrogen-bond donors (Lipinski definition) is 1. The van der Waals surface area contributed by atoms with Gasteiger partial charge in [-0.3, -0.25) is 14.4 Å². The number of piperidine rings is 3. The molecule has 4 fully saturated rings. The number of rotatable bonds is 5. The zero-order valence-electron chi connectivity index (χ0n) is 18.3. The van der Waals surface area contributed by atoms with Gasteiger partial charge in [0.2, 0.25) is 0 Å². The maximum atomic E-state index is 12.5. The van der Waals surface area contributed by atoms with Crippen LogP contribution >= 0.6 is 0 Å². The average Bonchev–Trinajstić information content (AvgIpc) is 3.43. The summed E-state index contributed by atoms with van der Waals surface area (Å²) >= 11 is 0. The van der Waals surface area contributed by atoms with Crippen LogP contribution < -0.4 is 5.32 Å². The summed E-state index contributed by atoms with van der Waals surface area (Å²) in [5, 5.41) is 8.09. The molecule has 30 heavy (non-hydrogen) atoms. The summed E-state index contributed by atoms with van der Waals surface area (Å²) in [4.78, 5) is 15.1. The Balaban J connectivity index is 1.22. The lowest BCUT2D eigenvalue weighted by Crippen LogP contribution is -2.56. The highest BCUT2D eigenvalue weighted by Crippen LogP contribution is 2.43. The molecular formula is C25H34N4O. The topological polar surface area (TPSA) is 50.2 Å². The Morgan fingerprint density at radius 2 is 1.93 bits per heavy atom. The summed E-state index contributed by atoms with van der Waals surface area (Å²) in [6, 6.07) is 10.7. The number of hydrogen-bond acceptors (Lipinski definition) is 3. The minimum atomic E-state index is 0.0436. The molecule has 1 aromatic heterocycles. The first-order valence-electron chi connectivity index (χ1n) is 11.7. The fraction of sp³-hybridized carbons (Fsp3) is 0.600.